The molecule has 0 unspecified atom stereocenters. The molecule has 0 saturated heterocycles. The summed E-state index contributed by atoms with van der Waals surface area (Å²) in [5, 5.41) is 11.1. The SMILES string of the molecule is CNC(=O)COc1cc2c(cc1C=CC(=O)O)OCO2. The third-order valence-corrected chi connectivity index (χ3v) is 2.55. The molecule has 106 valence electrons. The maximum Gasteiger partial charge on any atom is 0.328 e. The highest BCUT2D eigenvalue weighted by atomic mass is 16.7. The lowest BCUT2D eigenvalue weighted by atomic mass is 10.1. The minimum atomic E-state index is -1.08. The standard InChI is InChI=1S/C13H13NO6/c1-14-12(15)6-18-9-5-11-10(19-7-20-11)4-8(9)2-3-13(16)17/h2-5H,6-7H2,1H3,(H,14,15)(H,16,17). The predicted molar refractivity (Wildman–Crippen MR) is 68.8 cm³/mol. The van der Waals surface area contributed by atoms with Crippen LogP contribution in [0.15, 0.2) is 18.2 Å². The Bertz CT molecular complexity index is 566. The van der Waals surface area contributed by atoms with Gasteiger partial charge in [0, 0.05) is 24.8 Å². The number of amides is 1. The number of benzene rings is 1. The molecule has 0 saturated carbocycles. The summed E-state index contributed by atoms with van der Waals surface area (Å²) in [6, 6.07) is 3.16. The van der Waals surface area contributed by atoms with Gasteiger partial charge in [-0.15, -0.1) is 0 Å². The number of aliphatic carboxylic acids is 1. The van der Waals surface area contributed by atoms with Crippen molar-refractivity contribution >= 4 is 18.0 Å². The van der Waals surface area contributed by atoms with E-state index < -0.39 is 5.97 Å². The number of nitrogens with one attached hydrogen (secondary N) is 1. The second-order valence-corrected chi connectivity index (χ2v) is 3.88. The molecule has 2 N–H and O–H groups in total. The summed E-state index contributed by atoms with van der Waals surface area (Å²) in [7, 11) is 1.50. The van der Waals surface area contributed by atoms with Gasteiger partial charge < -0.3 is 24.6 Å². The number of rotatable bonds is 5. The first kappa shape index (κ1) is 13.7. The van der Waals surface area contributed by atoms with Gasteiger partial charge in [-0.3, -0.25) is 4.79 Å². The quantitative estimate of drug-likeness (QED) is 0.768. The Morgan fingerprint density at radius 2 is 2.10 bits per heavy atom. The summed E-state index contributed by atoms with van der Waals surface area (Å²) in [6.45, 7) is -0.0830. The largest absolute Gasteiger partial charge is 0.483 e. The van der Waals surface area contributed by atoms with Crippen LogP contribution in [0.4, 0.5) is 0 Å². The van der Waals surface area contributed by atoms with E-state index in [1.807, 2.05) is 0 Å². The van der Waals surface area contributed by atoms with Crippen LogP contribution in [0.2, 0.25) is 0 Å². The van der Waals surface area contributed by atoms with Gasteiger partial charge in [0.15, 0.2) is 18.1 Å². The van der Waals surface area contributed by atoms with Crippen molar-refractivity contribution in [2.24, 2.45) is 0 Å². The Balaban J connectivity index is 2.27. The highest BCUT2D eigenvalue weighted by Crippen LogP contribution is 2.38. The molecule has 0 fully saturated rings. The van der Waals surface area contributed by atoms with E-state index in [9.17, 15) is 9.59 Å². The van der Waals surface area contributed by atoms with Crippen molar-refractivity contribution in [1.29, 1.82) is 0 Å². The van der Waals surface area contributed by atoms with Crippen LogP contribution >= 0.6 is 0 Å². The van der Waals surface area contributed by atoms with Crippen molar-refractivity contribution in [3.05, 3.63) is 23.8 Å². The monoisotopic (exact) mass is 279 g/mol. The van der Waals surface area contributed by atoms with Crippen LogP contribution in [-0.2, 0) is 9.59 Å². The van der Waals surface area contributed by atoms with Crippen molar-refractivity contribution in [3.63, 3.8) is 0 Å². The minimum Gasteiger partial charge on any atom is -0.483 e. The van der Waals surface area contributed by atoms with Crippen molar-refractivity contribution in [1.82, 2.24) is 5.32 Å². The normalized spacial score (nSPS) is 12.4. The summed E-state index contributed by atoms with van der Waals surface area (Å²) >= 11 is 0. The van der Waals surface area contributed by atoms with Crippen molar-refractivity contribution in [3.8, 4) is 17.2 Å². The minimum absolute atomic E-state index is 0.0936. The Morgan fingerprint density at radius 3 is 2.75 bits per heavy atom. The number of fused-ring (bicyclic) bond motifs is 1. The Hall–Kier alpha value is -2.70. The third-order valence-electron chi connectivity index (χ3n) is 2.55. The van der Waals surface area contributed by atoms with Crippen LogP contribution < -0.4 is 19.5 Å². The van der Waals surface area contributed by atoms with E-state index in [1.54, 1.807) is 12.1 Å². The van der Waals surface area contributed by atoms with Crippen LogP contribution in [0.25, 0.3) is 6.08 Å². The number of hydrogen-bond acceptors (Lipinski definition) is 5. The van der Waals surface area contributed by atoms with Gasteiger partial charge >= 0.3 is 5.97 Å². The maximum absolute atomic E-state index is 11.2. The first-order valence-corrected chi connectivity index (χ1v) is 5.78. The second-order valence-electron chi connectivity index (χ2n) is 3.88. The summed E-state index contributed by atoms with van der Waals surface area (Å²) in [5.41, 5.74) is 0.487. The first-order valence-electron chi connectivity index (χ1n) is 5.78. The molecular weight excluding hydrogens is 266 g/mol. The Labute approximate surface area is 114 Å². The average molecular weight is 279 g/mol. The predicted octanol–water partition coefficient (Wildman–Crippen LogP) is 0.638. The summed E-state index contributed by atoms with van der Waals surface area (Å²) < 4.78 is 15.8. The molecule has 1 heterocycles. The number of carbonyl (C=O) groups is 2. The summed E-state index contributed by atoms with van der Waals surface area (Å²) in [4.78, 5) is 21.8. The van der Waals surface area contributed by atoms with Gasteiger partial charge in [0.25, 0.3) is 5.91 Å². The number of likely N-dealkylation sites (N-methyl/N-ethyl adjacent to an activating group) is 1. The number of carboxylic acid groups (broad SMARTS) is 1. The molecule has 1 aliphatic rings. The lowest BCUT2D eigenvalue weighted by molar-refractivity contribution is -0.131. The molecule has 1 amide bonds. The number of carboxylic acids is 1. The molecule has 7 heteroatoms. The van der Waals surface area contributed by atoms with Crippen LogP contribution in [-0.4, -0.2) is 37.4 Å². The van der Waals surface area contributed by atoms with Crippen molar-refractivity contribution in [2.75, 3.05) is 20.4 Å². The van der Waals surface area contributed by atoms with E-state index in [4.69, 9.17) is 19.3 Å². The molecule has 0 atom stereocenters. The van der Waals surface area contributed by atoms with E-state index in [0.717, 1.165) is 6.08 Å². The molecule has 7 nitrogen and oxygen atoms in total. The molecular formula is C13H13NO6. The molecule has 0 aliphatic carbocycles. The van der Waals surface area contributed by atoms with Crippen LogP contribution in [0.5, 0.6) is 17.2 Å². The third kappa shape index (κ3) is 3.19. The van der Waals surface area contributed by atoms with Gasteiger partial charge in [-0.25, -0.2) is 4.79 Å². The van der Waals surface area contributed by atoms with E-state index in [0.29, 0.717) is 22.8 Å². The lowest BCUT2D eigenvalue weighted by Gasteiger charge is -2.09. The van der Waals surface area contributed by atoms with Crippen molar-refractivity contribution < 1.29 is 28.9 Å². The fraction of sp³-hybridized carbons (Fsp3) is 0.231. The first-order chi connectivity index (χ1) is 9.60. The zero-order chi connectivity index (χ0) is 14.5. The van der Waals surface area contributed by atoms with Crippen molar-refractivity contribution in [2.45, 2.75) is 0 Å². The fourth-order valence-corrected chi connectivity index (χ4v) is 1.57. The van der Waals surface area contributed by atoms with E-state index in [2.05, 4.69) is 5.32 Å². The van der Waals surface area contributed by atoms with E-state index in [-0.39, 0.29) is 19.3 Å². The number of ether oxygens (including phenoxy) is 3. The lowest BCUT2D eigenvalue weighted by Crippen LogP contribution is -2.25. The van der Waals surface area contributed by atoms with Gasteiger partial charge in [0.05, 0.1) is 0 Å². The van der Waals surface area contributed by atoms with E-state index >= 15 is 0 Å². The maximum atomic E-state index is 11.2. The smallest absolute Gasteiger partial charge is 0.328 e. The molecule has 0 spiro atoms. The molecule has 20 heavy (non-hydrogen) atoms. The van der Waals surface area contributed by atoms with E-state index in [1.165, 1.54) is 13.1 Å². The fourth-order valence-electron chi connectivity index (χ4n) is 1.57. The van der Waals surface area contributed by atoms with Crippen LogP contribution in [0.3, 0.4) is 0 Å². The van der Waals surface area contributed by atoms with Gasteiger partial charge in [-0.2, -0.15) is 0 Å². The Kier molecular flexibility index (Phi) is 4.09. The summed E-state index contributed by atoms with van der Waals surface area (Å²) in [5.74, 6) is -0.0437. The van der Waals surface area contributed by atoms with Crippen LogP contribution in [0.1, 0.15) is 5.56 Å². The van der Waals surface area contributed by atoms with Gasteiger partial charge in [0.1, 0.15) is 5.75 Å². The molecule has 0 bridgehead atoms. The topological polar surface area (TPSA) is 94.1 Å². The molecule has 1 aliphatic heterocycles. The second kappa shape index (κ2) is 5.96. The molecule has 0 radical (unpaired) electrons. The molecule has 1 aromatic rings. The highest BCUT2D eigenvalue weighted by Gasteiger charge is 2.17. The molecule has 1 aromatic carbocycles. The summed E-state index contributed by atoms with van der Waals surface area (Å²) in [6.07, 6.45) is 2.34. The van der Waals surface area contributed by atoms with Gasteiger partial charge in [-0.05, 0) is 12.1 Å². The molecule has 0 aromatic heterocycles. The average Bonchev–Trinajstić information content (AvgIpc) is 2.88. The number of hydrogen-bond donors (Lipinski definition) is 2. The number of carbonyl (C=O) groups excluding carboxylic acids is 1. The zero-order valence-corrected chi connectivity index (χ0v) is 10.7. The molecule has 2 rings (SSSR count). The zero-order valence-electron chi connectivity index (χ0n) is 10.7. The van der Waals surface area contributed by atoms with Crippen LogP contribution in [0, 0.1) is 0 Å². The van der Waals surface area contributed by atoms with Gasteiger partial charge in [0.2, 0.25) is 6.79 Å². The highest BCUT2D eigenvalue weighted by molar-refractivity contribution is 5.86. The van der Waals surface area contributed by atoms with Gasteiger partial charge in [-0.1, -0.05) is 0 Å². The Morgan fingerprint density at radius 1 is 1.40 bits per heavy atom.